The predicted octanol–water partition coefficient (Wildman–Crippen LogP) is 4.10. The summed E-state index contributed by atoms with van der Waals surface area (Å²) in [6.07, 6.45) is 1.34. The zero-order valence-corrected chi connectivity index (χ0v) is 18.6. The monoisotopic (exact) mass is 456 g/mol. The Morgan fingerprint density at radius 2 is 1.77 bits per heavy atom. The van der Waals surface area contributed by atoms with E-state index in [1.807, 2.05) is 0 Å². The summed E-state index contributed by atoms with van der Waals surface area (Å²) in [4.78, 5) is 12.5. The van der Waals surface area contributed by atoms with Crippen LogP contribution in [0.5, 0.6) is 5.75 Å². The van der Waals surface area contributed by atoms with E-state index >= 15 is 0 Å². The minimum Gasteiger partial charge on any atom is -0.494 e. The third-order valence-electron chi connectivity index (χ3n) is 4.46. The number of hydrogen-bond donors (Lipinski definition) is 1. The lowest BCUT2D eigenvalue weighted by atomic mass is 10.2. The van der Waals surface area contributed by atoms with Crippen LogP contribution in [0.1, 0.15) is 37.0 Å². The highest BCUT2D eigenvalue weighted by Crippen LogP contribution is 2.23. The lowest BCUT2D eigenvalue weighted by Crippen LogP contribution is -2.31. The molecule has 0 saturated carbocycles. The Labute approximate surface area is 182 Å². The number of nitrogens with zero attached hydrogens (tertiary/aromatic N) is 1. The molecule has 0 aliphatic heterocycles. The van der Waals surface area contributed by atoms with Crippen LogP contribution >= 0.6 is 11.6 Å². The fraction of sp³-hybridized carbons (Fsp3) is 0.381. The van der Waals surface area contributed by atoms with Crippen molar-refractivity contribution in [1.29, 1.82) is 0 Å². The van der Waals surface area contributed by atoms with Gasteiger partial charge in [-0.3, -0.25) is 4.79 Å². The van der Waals surface area contributed by atoms with Crippen molar-refractivity contribution in [2.24, 2.45) is 0 Å². The van der Waals surface area contributed by atoms with Gasteiger partial charge < -0.3 is 10.1 Å². The Hall–Kier alpha value is -2.16. The second-order valence-electron chi connectivity index (χ2n) is 6.50. The van der Waals surface area contributed by atoms with Crippen LogP contribution in [0.25, 0.3) is 0 Å². The van der Waals surface area contributed by atoms with Crippen LogP contribution in [0.15, 0.2) is 47.4 Å². The molecule has 2 rings (SSSR count). The normalized spacial score (nSPS) is 11.5. The lowest BCUT2D eigenvalue weighted by Gasteiger charge is -2.19. The Morgan fingerprint density at radius 3 is 2.40 bits per heavy atom. The topological polar surface area (TPSA) is 75.7 Å². The summed E-state index contributed by atoms with van der Waals surface area (Å²) in [6.45, 7) is 5.00. The van der Waals surface area contributed by atoms with Crippen molar-refractivity contribution in [2.45, 2.75) is 31.6 Å². The molecule has 164 valence electrons. The molecule has 0 atom stereocenters. The molecule has 0 aliphatic rings. The number of amides is 1. The van der Waals surface area contributed by atoms with Gasteiger partial charge >= 0.3 is 0 Å². The number of carbonyl (C=O) groups is 1. The number of unbranched alkanes of at least 4 members (excludes halogenated alkanes) is 1. The van der Waals surface area contributed by atoms with Crippen LogP contribution in [-0.2, 0) is 10.0 Å². The van der Waals surface area contributed by atoms with Crippen LogP contribution in [0.3, 0.4) is 0 Å². The summed E-state index contributed by atoms with van der Waals surface area (Å²) in [5, 5.41) is 2.93. The van der Waals surface area contributed by atoms with Crippen molar-refractivity contribution in [2.75, 3.05) is 26.2 Å². The highest BCUT2D eigenvalue weighted by atomic mass is 35.5. The molecule has 9 heteroatoms. The SMILES string of the molecule is CCN(CC)S(=O)(=O)c1ccc(Cl)c(C(=O)NCCCCOc2ccc(F)cc2)c1. The summed E-state index contributed by atoms with van der Waals surface area (Å²) in [6, 6.07) is 9.89. The van der Waals surface area contributed by atoms with Crippen LogP contribution in [0.4, 0.5) is 4.39 Å². The maximum atomic E-state index is 12.8. The molecule has 0 unspecified atom stereocenters. The Bertz CT molecular complexity index is 948. The summed E-state index contributed by atoms with van der Waals surface area (Å²) < 4.78 is 45.0. The van der Waals surface area contributed by atoms with Crippen LogP contribution in [0, 0.1) is 5.82 Å². The highest BCUT2D eigenvalue weighted by Gasteiger charge is 2.23. The summed E-state index contributed by atoms with van der Waals surface area (Å²) in [5.74, 6) is -0.174. The van der Waals surface area contributed by atoms with E-state index < -0.39 is 15.9 Å². The number of halogens is 2. The summed E-state index contributed by atoms with van der Waals surface area (Å²) >= 11 is 6.11. The standard InChI is InChI=1S/C21H26ClFN2O4S/c1-3-25(4-2)30(27,28)18-11-12-20(22)19(15-18)21(26)24-13-5-6-14-29-17-9-7-16(23)8-10-17/h7-12,15H,3-6,13-14H2,1-2H3,(H,24,26). The van der Waals surface area contributed by atoms with Gasteiger partial charge in [0, 0.05) is 19.6 Å². The maximum Gasteiger partial charge on any atom is 0.252 e. The first kappa shape index (κ1) is 24.1. The highest BCUT2D eigenvalue weighted by molar-refractivity contribution is 7.89. The van der Waals surface area contributed by atoms with Gasteiger partial charge in [0.15, 0.2) is 0 Å². The fourth-order valence-corrected chi connectivity index (χ4v) is 4.48. The van der Waals surface area contributed by atoms with Crippen LogP contribution in [0.2, 0.25) is 5.02 Å². The van der Waals surface area contributed by atoms with E-state index in [0.29, 0.717) is 44.8 Å². The Kier molecular flexibility index (Phi) is 9.08. The maximum absolute atomic E-state index is 12.8. The number of ether oxygens (including phenoxy) is 1. The molecule has 0 radical (unpaired) electrons. The predicted molar refractivity (Wildman–Crippen MR) is 115 cm³/mol. The van der Waals surface area contributed by atoms with Gasteiger partial charge in [0.2, 0.25) is 10.0 Å². The second kappa shape index (κ2) is 11.3. The minimum atomic E-state index is -3.68. The van der Waals surface area contributed by atoms with Crippen molar-refractivity contribution >= 4 is 27.5 Å². The van der Waals surface area contributed by atoms with E-state index in [1.54, 1.807) is 26.0 Å². The average molecular weight is 457 g/mol. The first-order valence-electron chi connectivity index (χ1n) is 9.75. The molecule has 1 amide bonds. The third-order valence-corrected chi connectivity index (χ3v) is 6.84. The molecule has 0 aliphatic carbocycles. The van der Waals surface area contributed by atoms with E-state index in [-0.39, 0.29) is 21.3 Å². The van der Waals surface area contributed by atoms with Crippen molar-refractivity contribution in [1.82, 2.24) is 9.62 Å². The van der Waals surface area contributed by atoms with Crippen molar-refractivity contribution in [3.63, 3.8) is 0 Å². The zero-order chi connectivity index (χ0) is 22.1. The molecule has 0 aromatic heterocycles. The molecule has 0 spiro atoms. The van der Waals surface area contributed by atoms with Gasteiger partial charge in [-0.15, -0.1) is 0 Å². The average Bonchev–Trinajstić information content (AvgIpc) is 2.72. The van der Waals surface area contributed by atoms with Gasteiger partial charge in [-0.2, -0.15) is 4.31 Å². The van der Waals surface area contributed by atoms with Gasteiger partial charge in [0.05, 0.1) is 22.1 Å². The first-order valence-corrected chi connectivity index (χ1v) is 11.6. The molecular formula is C21H26ClFN2O4S. The van der Waals surface area contributed by atoms with Gasteiger partial charge in [-0.05, 0) is 55.3 Å². The largest absolute Gasteiger partial charge is 0.494 e. The number of nitrogens with one attached hydrogen (secondary N) is 1. The third kappa shape index (κ3) is 6.42. The molecule has 2 aromatic carbocycles. The van der Waals surface area contributed by atoms with Gasteiger partial charge in [0.1, 0.15) is 11.6 Å². The van der Waals surface area contributed by atoms with Crippen molar-refractivity contribution in [3.8, 4) is 5.75 Å². The van der Waals surface area contributed by atoms with E-state index in [4.69, 9.17) is 16.3 Å². The number of carbonyl (C=O) groups excluding carboxylic acids is 1. The second-order valence-corrected chi connectivity index (χ2v) is 8.84. The molecule has 0 saturated heterocycles. The molecule has 2 aromatic rings. The molecule has 0 bridgehead atoms. The number of benzene rings is 2. The number of sulfonamides is 1. The van der Waals surface area contributed by atoms with E-state index in [0.717, 1.165) is 0 Å². The van der Waals surface area contributed by atoms with Crippen molar-refractivity contribution < 1.29 is 22.3 Å². The summed E-state index contributed by atoms with van der Waals surface area (Å²) in [5.41, 5.74) is 0.118. The van der Waals surface area contributed by atoms with E-state index in [9.17, 15) is 17.6 Å². The molecule has 0 heterocycles. The fourth-order valence-electron chi connectivity index (χ4n) is 2.80. The molecule has 30 heavy (non-hydrogen) atoms. The van der Waals surface area contributed by atoms with Gasteiger partial charge in [-0.25, -0.2) is 12.8 Å². The number of rotatable bonds is 11. The first-order chi connectivity index (χ1) is 14.3. The van der Waals surface area contributed by atoms with Gasteiger partial charge in [0.25, 0.3) is 5.91 Å². The molecule has 0 fully saturated rings. The Balaban J connectivity index is 1.88. The molecule has 1 N–H and O–H groups in total. The number of hydrogen-bond acceptors (Lipinski definition) is 4. The molecular weight excluding hydrogens is 431 g/mol. The Morgan fingerprint density at radius 1 is 1.10 bits per heavy atom. The van der Waals surface area contributed by atoms with Gasteiger partial charge in [-0.1, -0.05) is 25.4 Å². The molecule has 6 nitrogen and oxygen atoms in total. The minimum absolute atomic E-state index is 0.0356. The lowest BCUT2D eigenvalue weighted by molar-refractivity contribution is 0.0952. The zero-order valence-electron chi connectivity index (χ0n) is 17.0. The quantitative estimate of drug-likeness (QED) is 0.516. The van der Waals surface area contributed by atoms with Crippen LogP contribution < -0.4 is 10.1 Å². The van der Waals surface area contributed by atoms with E-state index in [2.05, 4.69) is 5.32 Å². The summed E-state index contributed by atoms with van der Waals surface area (Å²) in [7, 11) is -3.68. The van der Waals surface area contributed by atoms with Crippen molar-refractivity contribution in [3.05, 3.63) is 58.9 Å². The van der Waals surface area contributed by atoms with Crippen LogP contribution in [-0.4, -0.2) is 44.9 Å². The van der Waals surface area contributed by atoms with E-state index in [1.165, 1.54) is 34.6 Å². The smallest absolute Gasteiger partial charge is 0.252 e.